The van der Waals surface area contributed by atoms with Crippen LogP contribution in [-0.4, -0.2) is 11.6 Å². The minimum absolute atomic E-state index is 0.595. The molecular formula is C10H16N2S. The van der Waals surface area contributed by atoms with Crippen LogP contribution in [0.2, 0.25) is 0 Å². The average Bonchev–Trinajstić information content (AvgIpc) is 2.51. The van der Waals surface area contributed by atoms with Crippen LogP contribution in [0.15, 0.2) is 22.1 Å². The normalized spacial score (nSPS) is 14.2. The number of rotatable bonds is 2. The minimum atomic E-state index is 0.595. The Bertz CT molecular complexity index is 355. The van der Waals surface area contributed by atoms with Gasteiger partial charge in [0.15, 0.2) is 4.80 Å². The van der Waals surface area contributed by atoms with Gasteiger partial charge in [0.25, 0.3) is 0 Å². The van der Waals surface area contributed by atoms with Crippen molar-refractivity contribution in [2.75, 3.05) is 7.05 Å². The molecule has 0 fully saturated rings. The predicted molar refractivity (Wildman–Crippen MR) is 58.6 cm³/mol. The lowest BCUT2D eigenvalue weighted by Crippen LogP contribution is -2.08. The summed E-state index contributed by atoms with van der Waals surface area (Å²) >= 11 is 1.65. The fraction of sp³-hybridized carbons (Fsp3) is 0.500. The summed E-state index contributed by atoms with van der Waals surface area (Å²) in [5, 5.41) is 2.05. The third-order valence-corrected chi connectivity index (χ3v) is 2.92. The van der Waals surface area contributed by atoms with Crippen molar-refractivity contribution < 1.29 is 0 Å². The van der Waals surface area contributed by atoms with E-state index in [1.807, 2.05) is 18.6 Å². The van der Waals surface area contributed by atoms with E-state index < -0.39 is 0 Å². The van der Waals surface area contributed by atoms with Gasteiger partial charge < -0.3 is 0 Å². The highest BCUT2D eigenvalue weighted by Crippen LogP contribution is 2.08. The molecule has 0 bridgehead atoms. The van der Waals surface area contributed by atoms with Gasteiger partial charge in [-0.25, -0.2) is 0 Å². The highest BCUT2D eigenvalue weighted by Gasteiger charge is 1.96. The quantitative estimate of drug-likeness (QED) is 0.692. The number of thiazole rings is 1. The van der Waals surface area contributed by atoms with Crippen molar-refractivity contribution in [1.29, 1.82) is 0 Å². The molecule has 0 spiro atoms. The van der Waals surface area contributed by atoms with Crippen molar-refractivity contribution in [1.82, 2.24) is 4.57 Å². The van der Waals surface area contributed by atoms with E-state index in [1.54, 1.807) is 11.3 Å². The zero-order valence-corrected chi connectivity index (χ0v) is 9.43. The van der Waals surface area contributed by atoms with Gasteiger partial charge in [-0.3, -0.25) is 9.56 Å². The molecule has 0 aliphatic rings. The van der Waals surface area contributed by atoms with Crippen LogP contribution in [0.25, 0.3) is 6.20 Å². The molecule has 1 aromatic heterocycles. The predicted octanol–water partition coefficient (Wildman–Crippen LogP) is 2.60. The second-order valence-electron chi connectivity index (χ2n) is 3.34. The summed E-state index contributed by atoms with van der Waals surface area (Å²) in [4.78, 5) is 5.22. The summed E-state index contributed by atoms with van der Waals surface area (Å²) < 4.78 is 2.07. The van der Waals surface area contributed by atoms with Crippen molar-refractivity contribution in [3.63, 3.8) is 0 Å². The highest BCUT2D eigenvalue weighted by atomic mass is 32.1. The topological polar surface area (TPSA) is 17.3 Å². The molecular weight excluding hydrogens is 180 g/mol. The van der Waals surface area contributed by atoms with E-state index in [4.69, 9.17) is 0 Å². The van der Waals surface area contributed by atoms with Crippen LogP contribution in [0.4, 0.5) is 0 Å². The number of hydrogen-bond donors (Lipinski definition) is 0. The van der Waals surface area contributed by atoms with Crippen LogP contribution in [0.5, 0.6) is 0 Å². The van der Waals surface area contributed by atoms with Gasteiger partial charge in [-0.1, -0.05) is 19.4 Å². The SMILES string of the molecule is CN=c1sccn1/C=C(\C)C(C)C. The fourth-order valence-corrected chi connectivity index (χ4v) is 1.57. The van der Waals surface area contributed by atoms with Crippen LogP contribution < -0.4 is 4.80 Å². The molecule has 0 aromatic carbocycles. The lowest BCUT2D eigenvalue weighted by molar-refractivity contribution is 0.768. The lowest BCUT2D eigenvalue weighted by Gasteiger charge is -2.04. The summed E-state index contributed by atoms with van der Waals surface area (Å²) in [6.07, 6.45) is 4.18. The van der Waals surface area contributed by atoms with E-state index in [0.717, 1.165) is 4.80 Å². The van der Waals surface area contributed by atoms with E-state index in [1.165, 1.54) is 5.57 Å². The molecule has 0 N–H and O–H groups in total. The van der Waals surface area contributed by atoms with Gasteiger partial charge in [0, 0.05) is 24.8 Å². The van der Waals surface area contributed by atoms with Crippen LogP contribution in [0, 0.1) is 5.92 Å². The molecule has 13 heavy (non-hydrogen) atoms. The van der Waals surface area contributed by atoms with Gasteiger partial charge in [-0.15, -0.1) is 11.3 Å². The Kier molecular flexibility index (Phi) is 3.48. The molecule has 1 rings (SSSR count). The molecule has 1 aromatic rings. The first-order valence-electron chi connectivity index (χ1n) is 4.42. The Morgan fingerprint density at radius 1 is 1.62 bits per heavy atom. The van der Waals surface area contributed by atoms with Crippen molar-refractivity contribution in [3.8, 4) is 0 Å². The second-order valence-corrected chi connectivity index (χ2v) is 4.22. The number of aromatic nitrogens is 1. The maximum Gasteiger partial charge on any atom is 0.188 e. The summed E-state index contributed by atoms with van der Waals surface area (Å²) in [5.74, 6) is 0.595. The molecule has 0 saturated heterocycles. The van der Waals surface area contributed by atoms with E-state index in [9.17, 15) is 0 Å². The molecule has 0 atom stereocenters. The van der Waals surface area contributed by atoms with Gasteiger partial charge in [0.1, 0.15) is 0 Å². The Balaban J connectivity index is 3.04. The summed E-state index contributed by atoms with van der Waals surface area (Å²) in [5.41, 5.74) is 1.37. The van der Waals surface area contributed by atoms with Crippen molar-refractivity contribution >= 4 is 17.5 Å². The fourth-order valence-electron chi connectivity index (χ4n) is 0.916. The zero-order valence-electron chi connectivity index (χ0n) is 8.61. The Labute approximate surface area is 83.3 Å². The third kappa shape index (κ3) is 2.56. The first kappa shape index (κ1) is 10.3. The van der Waals surface area contributed by atoms with E-state index in [0.29, 0.717) is 5.92 Å². The average molecular weight is 196 g/mol. The molecule has 0 aliphatic heterocycles. The zero-order chi connectivity index (χ0) is 9.84. The standard InChI is InChI=1S/C10H16N2S/c1-8(2)9(3)7-12-5-6-13-10(12)11-4/h5-8H,1-4H3/b9-7+,11-10?. The molecule has 0 saturated carbocycles. The van der Waals surface area contributed by atoms with E-state index >= 15 is 0 Å². The third-order valence-electron chi connectivity index (χ3n) is 2.06. The molecule has 2 nitrogen and oxygen atoms in total. The second kappa shape index (κ2) is 4.42. The van der Waals surface area contributed by atoms with Crippen molar-refractivity contribution in [2.45, 2.75) is 20.8 Å². The van der Waals surface area contributed by atoms with Gasteiger partial charge >= 0.3 is 0 Å². The largest absolute Gasteiger partial charge is 0.300 e. The number of nitrogens with zero attached hydrogens (tertiary/aromatic N) is 2. The molecule has 1 heterocycles. The van der Waals surface area contributed by atoms with Gasteiger partial charge in [0.05, 0.1) is 0 Å². The monoisotopic (exact) mass is 196 g/mol. The number of allylic oxidation sites excluding steroid dienone is 1. The summed E-state index contributed by atoms with van der Waals surface area (Å²) in [7, 11) is 1.82. The van der Waals surface area contributed by atoms with Crippen molar-refractivity contribution in [2.24, 2.45) is 10.9 Å². The van der Waals surface area contributed by atoms with E-state index in [2.05, 4.69) is 36.5 Å². The molecule has 0 radical (unpaired) electrons. The highest BCUT2D eigenvalue weighted by molar-refractivity contribution is 7.07. The lowest BCUT2D eigenvalue weighted by atomic mass is 10.1. The number of hydrogen-bond acceptors (Lipinski definition) is 2. The van der Waals surface area contributed by atoms with Crippen LogP contribution in [0.3, 0.4) is 0 Å². The van der Waals surface area contributed by atoms with Gasteiger partial charge in [-0.05, 0) is 12.8 Å². The maximum absolute atomic E-state index is 4.18. The summed E-state index contributed by atoms with van der Waals surface area (Å²) in [6, 6.07) is 0. The van der Waals surface area contributed by atoms with Crippen LogP contribution in [-0.2, 0) is 0 Å². The molecule has 0 aliphatic carbocycles. The first-order chi connectivity index (χ1) is 6.15. The molecule has 72 valence electrons. The van der Waals surface area contributed by atoms with Gasteiger partial charge in [0.2, 0.25) is 0 Å². The van der Waals surface area contributed by atoms with Crippen LogP contribution in [0.1, 0.15) is 20.8 Å². The van der Waals surface area contributed by atoms with Gasteiger partial charge in [-0.2, -0.15) is 0 Å². The van der Waals surface area contributed by atoms with E-state index in [-0.39, 0.29) is 0 Å². The first-order valence-corrected chi connectivity index (χ1v) is 5.30. The molecule has 0 unspecified atom stereocenters. The maximum atomic E-state index is 4.18. The molecule has 3 heteroatoms. The van der Waals surface area contributed by atoms with Crippen LogP contribution >= 0.6 is 11.3 Å². The molecule has 0 amide bonds. The smallest absolute Gasteiger partial charge is 0.188 e. The summed E-state index contributed by atoms with van der Waals surface area (Å²) in [6.45, 7) is 6.54. The Morgan fingerprint density at radius 2 is 2.31 bits per heavy atom. The Morgan fingerprint density at radius 3 is 2.85 bits per heavy atom. The van der Waals surface area contributed by atoms with Crippen molar-refractivity contribution in [3.05, 3.63) is 22.0 Å². The Hall–Kier alpha value is -0.830. The minimum Gasteiger partial charge on any atom is -0.300 e.